The molecular formula is C30H40N4O3. The van der Waals surface area contributed by atoms with Crippen molar-refractivity contribution in [3.63, 3.8) is 0 Å². The number of benzene rings is 1. The van der Waals surface area contributed by atoms with Gasteiger partial charge < -0.3 is 14.6 Å². The van der Waals surface area contributed by atoms with Crippen LogP contribution in [0, 0.1) is 17.8 Å². The number of rotatable bonds is 4. The van der Waals surface area contributed by atoms with Crippen molar-refractivity contribution >= 4 is 22.8 Å². The highest BCUT2D eigenvalue weighted by atomic mass is 16.4. The average Bonchev–Trinajstić information content (AvgIpc) is 3.03. The first-order valence-corrected chi connectivity index (χ1v) is 14.8. The Morgan fingerprint density at radius 3 is 2.38 bits per heavy atom. The molecule has 3 saturated heterocycles. The Bertz CT molecular complexity index is 1240. The van der Waals surface area contributed by atoms with Crippen LogP contribution in [-0.2, 0) is 4.79 Å². The zero-order chi connectivity index (χ0) is 25.3. The van der Waals surface area contributed by atoms with Gasteiger partial charge in [0.25, 0.3) is 5.56 Å². The average molecular weight is 505 g/mol. The fourth-order valence-electron chi connectivity index (χ4n) is 9.13. The van der Waals surface area contributed by atoms with E-state index in [1.807, 2.05) is 28.8 Å². The van der Waals surface area contributed by atoms with E-state index in [2.05, 4.69) is 11.8 Å². The summed E-state index contributed by atoms with van der Waals surface area (Å²) in [6, 6.07) is 9.10. The van der Waals surface area contributed by atoms with Crippen molar-refractivity contribution < 1.29 is 9.90 Å². The standard InChI is InChI=1S/C30H40N4O3/c1-18-23-11-10-21(33(18)22-15-19-6-2-3-7-20(14-19)16-22)17-27(23)34-25-9-5-4-8-24(25)31-28(29(34)35)32-13-12-26(32)30(36)37/h4-5,8-9,18-23,26-27H,2-3,6-7,10-17H2,1H3,(H,36,37)/t18?,19-,20+,21-,22-,23?,26+,27+/m1/s1. The van der Waals surface area contributed by atoms with Crippen LogP contribution in [0.5, 0.6) is 0 Å². The Kier molecular flexibility index (Phi) is 5.83. The van der Waals surface area contributed by atoms with Crippen LogP contribution in [0.4, 0.5) is 5.82 Å². The highest BCUT2D eigenvalue weighted by molar-refractivity contribution is 5.81. The zero-order valence-electron chi connectivity index (χ0n) is 22.0. The van der Waals surface area contributed by atoms with E-state index in [1.54, 1.807) is 4.90 Å². The third-order valence-corrected chi connectivity index (χ3v) is 10.8. The van der Waals surface area contributed by atoms with Crippen LogP contribution in [0.3, 0.4) is 0 Å². The second-order valence-electron chi connectivity index (χ2n) is 12.7. The van der Waals surface area contributed by atoms with E-state index < -0.39 is 12.0 Å². The summed E-state index contributed by atoms with van der Waals surface area (Å²) in [5.74, 6) is 1.68. The molecule has 37 heavy (non-hydrogen) atoms. The molecule has 2 aromatic rings. The van der Waals surface area contributed by atoms with Crippen LogP contribution in [0.1, 0.15) is 83.6 Å². The van der Waals surface area contributed by atoms with E-state index in [1.165, 1.54) is 51.4 Å². The molecule has 8 rings (SSSR count). The number of para-hydroxylation sites is 2. The topological polar surface area (TPSA) is 78.7 Å². The van der Waals surface area contributed by atoms with Gasteiger partial charge in [-0.25, -0.2) is 9.78 Å². The monoisotopic (exact) mass is 504 g/mol. The predicted octanol–water partition coefficient (Wildman–Crippen LogP) is 4.83. The molecule has 0 spiro atoms. The van der Waals surface area contributed by atoms with Gasteiger partial charge in [-0.2, -0.15) is 0 Å². The molecule has 1 aromatic carbocycles. The summed E-state index contributed by atoms with van der Waals surface area (Å²) in [4.78, 5) is 35.2. The molecular weight excluding hydrogens is 464 g/mol. The second-order valence-corrected chi connectivity index (χ2v) is 12.7. The fraction of sp³-hybridized carbons (Fsp3) is 0.700. The smallest absolute Gasteiger partial charge is 0.326 e. The van der Waals surface area contributed by atoms with E-state index in [-0.39, 0.29) is 11.6 Å². The number of hydrogen-bond acceptors (Lipinski definition) is 5. The number of aliphatic carboxylic acids is 1. The van der Waals surface area contributed by atoms with Gasteiger partial charge >= 0.3 is 5.97 Å². The Labute approximate surface area is 218 Å². The van der Waals surface area contributed by atoms with Crippen molar-refractivity contribution in [3.8, 4) is 0 Å². The van der Waals surface area contributed by atoms with Crippen LogP contribution in [-0.4, -0.2) is 56.2 Å². The summed E-state index contributed by atoms with van der Waals surface area (Å²) in [6.45, 7) is 2.99. The summed E-state index contributed by atoms with van der Waals surface area (Å²) in [5, 5.41) is 9.65. The minimum atomic E-state index is -0.874. The predicted molar refractivity (Wildman–Crippen MR) is 144 cm³/mol. The molecule has 3 saturated carbocycles. The van der Waals surface area contributed by atoms with Gasteiger partial charge in [0.1, 0.15) is 6.04 Å². The van der Waals surface area contributed by atoms with Crippen LogP contribution in [0.15, 0.2) is 29.1 Å². The van der Waals surface area contributed by atoms with Crippen molar-refractivity contribution in [2.24, 2.45) is 17.8 Å². The van der Waals surface area contributed by atoms with Gasteiger partial charge in [0.05, 0.1) is 11.0 Å². The number of carboxylic acids is 1. The number of fused-ring (bicyclic) bond motifs is 6. The van der Waals surface area contributed by atoms with Gasteiger partial charge in [-0.05, 0) is 81.8 Å². The van der Waals surface area contributed by atoms with E-state index in [0.717, 1.165) is 35.7 Å². The van der Waals surface area contributed by atoms with Crippen molar-refractivity contribution in [2.45, 2.75) is 108 Å². The zero-order valence-corrected chi connectivity index (χ0v) is 22.0. The third kappa shape index (κ3) is 3.83. The summed E-state index contributed by atoms with van der Waals surface area (Å²) in [5.41, 5.74) is 1.57. The molecule has 1 aromatic heterocycles. The first-order chi connectivity index (χ1) is 18.0. The van der Waals surface area contributed by atoms with E-state index in [9.17, 15) is 14.7 Å². The Hall–Kier alpha value is -2.41. The SMILES string of the molecule is CC1C2CC[C@H](C[C@@H]2n2c(=O)c(N3CC[C@H]3C(=O)O)nc3ccccc32)N1[C@@H]1C[C@@H]2CCCC[C@@H](C2)C1. The van der Waals surface area contributed by atoms with Crippen LogP contribution >= 0.6 is 0 Å². The molecule has 3 aliphatic heterocycles. The van der Waals surface area contributed by atoms with Crippen LogP contribution in [0.2, 0.25) is 0 Å². The molecule has 6 fully saturated rings. The first kappa shape index (κ1) is 23.7. The third-order valence-electron chi connectivity index (χ3n) is 10.8. The van der Waals surface area contributed by atoms with Gasteiger partial charge in [0, 0.05) is 30.7 Å². The summed E-state index contributed by atoms with van der Waals surface area (Å²) in [6.07, 6.45) is 13.8. The van der Waals surface area contributed by atoms with Crippen molar-refractivity contribution in [2.75, 3.05) is 11.4 Å². The molecule has 3 aliphatic carbocycles. The highest BCUT2D eigenvalue weighted by Crippen LogP contribution is 2.50. The van der Waals surface area contributed by atoms with Gasteiger partial charge in [-0.15, -0.1) is 0 Å². The van der Waals surface area contributed by atoms with Crippen molar-refractivity contribution in [1.29, 1.82) is 0 Å². The molecule has 4 heterocycles. The van der Waals surface area contributed by atoms with E-state index in [4.69, 9.17) is 4.98 Å². The van der Waals surface area contributed by atoms with Crippen LogP contribution in [0.25, 0.3) is 11.0 Å². The summed E-state index contributed by atoms with van der Waals surface area (Å²) < 4.78 is 2.03. The number of carbonyl (C=O) groups is 1. The maximum atomic E-state index is 14.1. The van der Waals surface area contributed by atoms with Gasteiger partial charge in [0.15, 0.2) is 5.82 Å². The highest BCUT2D eigenvalue weighted by Gasteiger charge is 2.50. The molecule has 2 unspecified atom stereocenters. The number of carboxylic acid groups (broad SMARTS) is 1. The Morgan fingerprint density at radius 1 is 0.946 bits per heavy atom. The number of hydrogen-bond donors (Lipinski definition) is 1. The minimum absolute atomic E-state index is 0.107. The lowest BCUT2D eigenvalue weighted by Crippen LogP contribution is -2.62. The van der Waals surface area contributed by atoms with E-state index >= 15 is 0 Å². The summed E-state index contributed by atoms with van der Waals surface area (Å²) >= 11 is 0. The fourth-order valence-corrected chi connectivity index (χ4v) is 9.13. The Balaban J connectivity index is 1.24. The van der Waals surface area contributed by atoms with E-state index in [0.29, 0.717) is 42.8 Å². The van der Waals surface area contributed by atoms with Gasteiger partial charge in [-0.3, -0.25) is 9.69 Å². The number of anilines is 1. The second kappa shape index (κ2) is 9.11. The largest absolute Gasteiger partial charge is 0.480 e. The lowest BCUT2D eigenvalue weighted by atomic mass is 9.68. The molecule has 4 bridgehead atoms. The van der Waals surface area contributed by atoms with Gasteiger partial charge in [0.2, 0.25) is 0 Å². The Morgan fingerprint density at radius 2 is 1.70 bits per heavy atom. The molecule has 6 aliphatic rings. The number of aromatic nitrogens is 2. The lowest BCUT2D eigenvalue weighted by molar-refractivity contribution is -0.140. The molecule has 7 nitrogen and oxygen atoms in total. The minimum Gasteiger partial charge on any atom is -0.480 e. The summed E-state index contributed by atoms with van der Waals surface area (Å²) in [7, 11) is 0. The molecule has 0 amide bonds. The maximum absolute atomic E-state index is 14.1. The molecule has 0 radical (unpaired) electrons. The molecule has 1 N–H and O–H groups in total. The first-order valence-electron chi connectivity index (χ1n) is 14.8. The lowest BCUT2D eigenvalue weighted by Gasteiger charge is -2.58. The quantitative estimate of drug-likeness (QED) is 0.642. The molecule has 7 heteroatoms. The number of piperidine rings is 2. The maximum Gasteiger partial charge on any atom is 0.326 e. The molecule has 8 atom stereocenters. The number of nitrogens with zero attached hydrogens (tertiary/aromatic N) is 4. The van der Waals surface area contributed by atoms with Gasteiger partial charge in [-0.1, -0.05) is 37.8 Å². The van der Waals surface area contributed by atoms with Crippen molar-refractivity contribution in [3.05, 3.63) is 34.6 Å². The van der Waals surface area contributed by atoms with Crippen LogP contribution < -0.4 is 10.5 Å². The molecule has 198 valence electrons. The van der Waals surface area contributed by atoms with Crippen molar-refractivity contribution in [1.82, 2.24) is 14.5 Å². The normalized spacial score (nSPS) is 37.8.